The molecule has 122 valence electrons. The molecule has 0 spiro atoms. The van der Waals surface area contributed by atoms with Gasteiger partial charge < -0.3 is 14.4 Å². The predicted molar refractivity (Wildman–Crippen MR) is 89.1 cm³/mol. The molecule has 0 atom stereocenters. The van der Waals surface area contributed by atoms with E-state index in [0.29, 0.717) is 32.2 Å². The maximum atomic E-state index is 12.6. The first-order valence-corrected chi connectivity index (χ1v) is 8.51. The molecule has 2 aromatic heterocycles. The largest absolute Gasteiger partial charge is 0.475 e. The molecular formula is C17H20N2O3S. The average molecular weight is 332 g/mol. The van der Waals surface area contributed by atoms with Crippen molar-refractivity contribution in [2.24, 2.45) is 0 Å². The molecule has 0 fully saturated rings. The van der Waals surface area contributed by atoms with Gasteiger partial charge in [-0.1, -0.05) is 6.07 Å². The average Bonchev–Trinajstić information content (AvgIpc) is 3.00. The minimum absolute atomic E-state index is 0.114. The first kappa shape index (κ1) is 16.0. The van der Waals surface area contributed by atoms with Crippen molar-refractivity contribution in [3.05, 3.63) is 45.3 Å². The van der Waals surface area contributed by atoms with Gasteiger partial charge in [-0.3, -0.25) is 4.79 Å². The van der Waals surface area contributed by atoms with Crippen LogP contribution in [0.1, 0.15) is 26.5 Å². The molecule has 0 bridgehead atoms. The van der Waals surface area contributed by atoms with Gasteiger partial charge in [0.1, 0.15) is 6.61 Å². The van der Waals surface area contributed by atoms with E-state index in [9.17, 15) is 4.79 Å². The van der Waals surface area contributed by atoms with E-state index >= 15 is 0 Å². The SMILES string of the molecule is COCCOc1ccc2c(n1)CCN(C(=O)c1sccc1C)C2. The van der Waals surface area contributed by atoms with Gasteiger partial charge >= 0.3 is 0 Å². The highest BCUT2D eigenvalue weighted by atomic mass is 32.1. The Bertz CT molecular complexity index is 699. The lowest BCUT2D eigenvalue weighted by molar-refractivity contribution is 0.0737. The number of rotatable bonds is 5. The maximum Gasteiger partial charge on any atom is 0.264 e. The van der Waals surface area contributed by atoms with Crippen molar-refractivity contribution in [1.82, 2.24) is 9.88 Å². The molecule has 23 heavy (non-hydrogen) atoms. The van der Waals surface area contributed by atoms with Gasteiger partial charge in [0, 0.05) is 32.7 Å². The van der Waals surface area contributed by atoms with Crippen LogP contribution in [0.4, 0.5) is 0 Å². The number of amides is 1. The summed E-state index contributed by atoms with van der Waals surface area (Å²) in [4.78, 5) is 19.9. The van der Waals surface area contributed by atoms with Crippen LogP contribution in [0.2, 0.25) is 0 Å². The van der Waals surface area contributed by atoms with Gasteiger partial charge in [-0.2, -0.15) is 0 Å². The minimum atomic E-state index is 0.114. The highest BCUT2D eigenvalue weighted by Gasteiger charge is 2.24. The van der Waals surface area contributed by atoms with E-state index in [4.69, 9.17) is 9.47 Å². The third-order valence-corrected chi connectivity index (χ3v) is 4.91. The van der Waals surface area contributed by atoms with E-state index in [1.807, 2.05) is 35.4 Å². The Morgan fingerprint density at radius 2 is 2.22 bits per heavy atom. The standard InChI is InChI=1S/C17H20N2O3S/c1-12-6-10-23-16(12)17(20)19-7-5-14-13(11-19)3-4-15(18-14)22-9-8-21-2/h3-4,6,10H,5,7-9,11H2,1-2H3. The van der Waals surface area contributed by atoms with Crippen molar-refractivity contribution < 1.29 is 14.3 Å². The van der Waals surface area contributed by atoms with Crippen molar-refractivity contribution in [3.63, 3.8) is 0 Å². The summed E-state index contributed by atoms with van der Waals surface area (Å²) in [5.41, 5.74) is 3.16. The molecule has 0 aliphatic carbocycles. The summed E-state index contributed by atoms with van der Waals surface area (Å²) in [6, 6.07) is 5.85. The lowest BCUT2D eigenvalue weighted by Gasteiger charge is -2.28. The molecule has 0 N–H and O–H groups in total. The fourth-order valence-corrected chi connectivity index (χ4v) is 3.51. The monoisotopic (exact) mass is 332 g/mol. The summed E-state index contributed by atoms with van der Waals surface area (Å²) in [5, 5.41) is 1.96. The van der Waals surface area contributed by atoms with E-state index in [2.05, 4.69) is 4.98 Å². The van der Waals surface area contributed by atoms with E-state index < -0.39 is 0 Å². The maximum absolute atomic E-state index is 12.6. The second kappa shape index (κ2) is 7.10. The van der Waals surface area contributed by atoms with E-state index in [1.54, 1.807) is 7.11 Å². The molecule has 0 aromatic carbocycles. The van der Waals surface area contributed by atoms with Crippen LogP contribution in [0.5, 0.6) is 5.88 Å². The van der Waals surface area contributed by atoms with Gasteiger partial charge in [0.2, 0.25) is 5.88 Å². The molecule has 3 rings (SSSR count). The highest BCUT2D eigenvalue weighted by molar-refractivity contribution is 7.12. The highest BCUT2D eigenvalue weighted by Crippen LogP contribution is 2.24. The third-order valence-electron chi connectivity index (χ3n) is 3.90. The van der Waals surface area contributed by atoms with Crippen molar-refractivity contribution in [2.75, 3.05) is 26.9 Å². The quantitative estimate of drug-likeness (QED) is 0.790. The smallest absolute Gasteiger partial charge is 0.264 e. The summed E-state index contributed by atoms with van der Waals surface area (Å²) < 4.78 is 10.5. The molecule has 5 nitrogen and oxygen atoms in total. The van der Waals surface area contributed by atoms with Gasteiger partial charge in [-0.15, -0.1) is 11.3 Å². The van der Waals surface area contributed by atoms with Crippen molar-refractivity contribution in [3.8, 4) is 5.88 Å². The van der Waals surface area contributed by atoms with Crippen molar-refractivity contribution in [1.29, 1.82) is 0 Å². The first-order valence-electron chi connectivity index (χ1n) is 7.63. The van der Waals surface area contributed by atoms with Gasteiger partial charge in [0.15, 0.2) is 0 Å². The van der Waals surface area contributed by atoms with Crippen LogP contribution >= 0.6 is 11.3 Å². The van der Waals surface area contributed by atoms with Gasteiger partial charge in [-0.25, -0.2) is 4.98 Å². The van der Waals surface area contributed by atoms with Crippen molar-refractivity contribution in [2.45, 2.75) is 19.9 Å². The van der Waals surface area contributed by atoms with E-state index in [1.165, 1.54) is 11.3 Å². The lowest BCUT2D eigenvalue weighted by atomic mass is 10.1. The number of pyridine rings is 1. The molecular weight excluding hydrogens is 312 g/mol. The summed E-state index contributed by atoms with van der Waals surface area (Å²) in [6.45, 7) is 4.31. The minimum Gasteiger partial charge on any atom is -0.475 e. The van der Waals surface area contributed by atoms with Crippen LogP contribution in [0.3, 0.4) is 0 Å². The summed E-state index contributed by atoms with van der Waals surface area (Å²) >= 11 is 1.51. The Labute approximate surface area is 139 Å². The zero-order valence-corrected chi connectivity index (χ0v) is 14.2. The Balaban J connectivity index is 1.69. The molecule has 6 heteroatoms. The van der Waals surface area contributed by atoms with Crippen molar-refractivity contribution >= 4 is 17.2 Å². The molecule has 0 saturated heterocycles. The molecule has 0 saturated carbocycles. The van der Waals surface area contributed by atoms with E-state index in [0.717, 1.165) is 28.1 Å². The molecule has 1 aliphatic heterocycles. The van der Waals surface area contributed by atoms with Crippen LogP contribution in [-0.4, -0.2) is 42.7 Å². The fraction of sp³-hybridized carbons (Fsp3) is 0.412. The number of carbonyl (C=O) groups excluding carboxylic acids is 1. The number of aryl methyl sites for hydroxylation is 1. The normalized spacial score (nSPS) is 13.7. The number of methoxy groups -OCH3 is 1. The van der Waals surface area contributed by atoms with Gasteiger partial charge in [-0.05, 0) is 29.5 Å². The Kier molecular flexibility index (Phi) is 4.93. The molecule has 0 radical (unpaired) electrons. The zero-order chi connectivity index (χ0) is 16.2. The van der Waals surface area contributed by atoms with Crippen LogP contribution in [-0.2, 0) is 17.7 Å². The second-order valence-electron chi connectivity index (χ2n) is 5.51. The van der Waals surface area contributed by atoms with Crippen LogP contribution < -0.4 is 4.74 Å². The van der Waals surface area contributed by atoms with Gasteiger partial charge in [0.25, 0.3) is 5.91 Å². The second-order valence-corrected chi connectivity index (χ2v) is 6.42. The third kappa shape index (κ3) is 3.54. The molecule has 1 amide bonds. The number of nitrogens with zero attached hydrogens (tertiary/aromatic N) is 2. The van der Waals surface area contributed by atoms with E-state index in [-0.39, 0.29) is 5.91 Å². The Hall–Kier alpha value is -1.92. The topological polar surface area (TPSA) is 51.7 Å². The number of thiophene rings is 1. The number of hydrogen-bond donors (Lipinski definition) is 0. The number of fused-ring (bicyclic) bond motifs is 1. The Morgan fingerprint density at radius 1 is 1.35 bits per heavy atom. The van der Waals surface area contributed by atoms with Crippen LogP contribution in [0.25, 0.3) is 0 Å². The molecule has 3 heterocycles. The number of aromatic nitrogens is 1. The Morgan fingerprint density at radius 3 is 2.96 bits per heavy atom. The summed E-state index contributed by atoms with van der Waals surface area (Å²) in [5.74, 6) is 0.734. The number of hydrogen-bond acceptors (Lipinski definition) is 5. The summed E-state index contributed by atoms with van der Waals surface area (Å²) in [7, 11) is 1.64. The molecule has 2 aromatic rings. The van der Waals surface area contributed by atoms with Crippen LogP contribution in [0, 0.1) is 6.92 Å². The predicted octanol–water partition coefficient (Wildman–Crippen LogP) is 2.68. The number of carbonyl (C=O) groups is 1. The van der Waals surface area contributed by atoms with Crippen LogP contribution in [0.15, 0.2) is 23.6 Å². The molecule has 1 aliphatic rings. The zero-order valence-electron chi connectivity index (χ0n) is 13.4. The lowest BCUT2D eigenvalue weighted by Crippen LogP contribution is -2.36. The summed E-state index contributed by atoms with van der Waals surface area (Å²) in [6.07, 6.45) is 0.757. The molecule has 0 unspecified atom stereocenters. The first-order chi connectivity index (χ1) is 11.2. The van der Waals surface area contributed by atoms with Gasteiger partial charge in [0.05, 0.1) is 17.2 Å². The number of ether oxygens (including phenoxy) is 2. The fourth-order valence-electron chi connectivity index (χ4n) is 2.61.